The lowest BCUT2D eigenvalue weighted by molar-refractivity contribution is 0.450. The van der Waals surface area contributed by atoms with E-state index in [0.717, 1.165) is 33.3 Å². The van der Waals surface area contributed by atoms with Crippen molar-refractivity contribution in [1.82, 2.24) is 5.32 Å². The van der Waals surface area contributed by atoms with Crippen molar-refractivity contribution in [3.63, 3.8) is 0 Å². The SMILES string of the molecule is CC(NCc1ccc(O)cc1)c1cc2cc(Br)ccc2o1. The maximum Gasteiger partial charge on any atom is 0.134 e. The van der Waals surface area contributed by atoms with Crippen molar-refractivity contribution in [3.05, 3.63) is 64.3 Å². The molecule has 0 fully saturated rings. The molecule has 0 saturated heterocycles. The van der Waals surface area contributed by atoms with E-state index in [1.807, 2.05) is 24.3 Å². The summed E-state index contributed by atoms with van der Waals surface area (Å²) in [6.07, 6.45) is 0. The summed E-state index contributed by atoms with van der Waals surface area (Å²) in [7, 11) is 0. The fourth-order valence-electron chi connectivity index (χ4n) is 2.23. The van der Waals surface area contributed by atoms with Gasteiger partial charge in [-0.3, -0.25) is 0 Å². The van der Waals surface area contributed by atoms with Crippen molar-refractivity contribution in [1.29, 1.82) is 0 Å². The maximum atomic E-state index is 9.28. The Morgan fingerprint density at radius 2 is 1.90 bits per heavy atom. The van der Waals surface area contributed by atoms with E-state index in [-0.39, 0.29) is 11.8 Å². The third-order valence-corrected chi connectivity index (χ3v) is 3.97. The van der Waals surface area contributed by atoms with E-state index in [1.165, 1.54) is 0 Å². The van der Waals surface area contributed by atoms with Gasteiger partial charge in [0, 0.05) is 16.4 Å². The van der Waals surface area contributed by atoms with Crippen molar-refractivity contribution in [3.8, 4) is 5.75 Å². The average molecular weight is 346 g/mol. The molecular weight excluding hydrogens is 330 g/mol. The standard InChI is InChI=1S/C17H16BrNO2/c1-11(19-10-12-2-5-15(20)6-3-12)17-9-13-8-14(18)4-7-16(13)21-17/h2-9,11,19-20H,10H2,1H3. The molecule has 0 bridgehead atoms. The highest BCUT2D eigenvalue weighted by molar-refractivity contribution is 9.10. The van der Waals surface area contributed by atoms with Gasteiger partial charge in [0.05, 0.1) is 6.04 Å². The third-order valence-electron chi connectivity index (χ3n) is 3.47. The third kappa shape index (κ3) is 3.28. The summed E-state index contributed by atoms with van der Waals surface area (Å²) >= 11 is 3.47. The van der Waals surface area contributed by atoms with E-state index >= 15 is 0 Å². The van der Waals surface area contributed by atoms with Gasteiger partial charge < -0.3 is 14.8 Å². The molecule has 2 aromatic carbocycles. The van der Waals surface area contributed by atoms with Gasteiger partial charge in [-0.1, -0.05) is 28.1 Å². The first kappa shape index (κ1) is 14.2. The molecule has 3 rings (SSSR count). The maximum absolute atomic E-state index is 9.28. The molecule has 1 atom stereocenters. The van der Waals surface area contributed by atoms with Crippen LogP contribution in [-0.4, -0.2) is 5.11 Å². The van der Waals surface area contributed by atoms with Crippen LogP contribution < -0.4 is 5.32 Å². The van der Waals surface area contributed by atoms with Gasteiger partial charge in [0.15, 0.2) is 0 Å². The Hall–Kier alpha value is -1.78. The molecule has 0 aliphatic carbocycles. The highest BCUT2D eigenvalue weighted by atomic mass is 79.9. The molecule has 108 valence electrons. The quantitative estimate of drug-likeness (QED) is 0.716. The summed E-state index contributed by atoms with van der Waals surface area (Å²) in [6, 6.07) is 15.4. The molecule has 0 radical (unpaired) electrons. The predicted octanol–water partition coefficient (Wildman–Crippen LogP) is 4.75. The molecule has 3 aromatic rings. The second-order valence-corrected chi connectivity index (χ2v) is 6.02. The van der Waals surface area contributed by atoms with Crippen LogP contribution in [0.4, 0.5) is 0 Å². The number of rotatable bonds is 4. The summed E-state index contributed by atoms with van der Waals surface area (Å²) in [5, 5.41) is 13.8. The molecule has 0 saturated carbocycles. The molecule has 4 heteroatoms. The summed E-state index contributed by atoms with van der Waals surface area (Å²) < 4.78 is 6.92. The largest absolute Gasteiger partial charge is 0.508 e. The minimum absolute atomic E-state index is 0.116. The number of phenols is 1. The zero-order valence-electron chi connectivity index (χ0n) is 11.6. The van der Waals surface area contributed by atoms with Crippen LogP contribution in [0.5, 0.6) is 5.75 Å². The van der Waals surface area contributed by atoms with Crippen LogP contribution in [0.15, 0.2) is 57.4 Å². The van der Waals surface area contributed by atoms with E-state index < -0.39 is 0 Å². The first-order valence-electron chi connectivity index (χ1n) is 6.82. The lowest BCUT2D eigenvalue weighted by Crippen LogP contribution is -2.17. The van der Waals surface area contributed by atoms with E-state index in [2.05, 4.69) is 40.3 Å². The number of hydrogen-bond acceptors (Lipinski definition) is 3. The normalized spacial score (nSPS) is 12.7. The summed E-state index contributed by atoms with van der Waals surface area (Å²) in [5.41, 5.74) is 2.02. The Bertz CT molecular complexity index is 749. The van der Waals surface area contributed by atoms with Crippen molar-refractivity contribution >= 4 is 26.9 Å². The van der Waals surface area contributed by atoms with Crippen LogP contribution >= 0.6 is 15.9 Å². The zero-order valence-corrected chi connectivity index (χ0v) is 13.2. The summed E-state index contributed by atoms with van der Waals surface area (Å²) in [5.74, 6) is 1.21. The number of fused-ring (bicyclic) bond motifs is 1. The number of halogens is 1. The number of aromatic hydroxyl groups is 1. The fraction of sp³-hybridized carbons (Fsp3) is 0.176. The number of benzene rings is 2. The lowest BCUT2D eigenvalue weighted by Gasteiger charge is -2.11. The van der Waals surface area contributed by atoms with Crippen LogP contribution in [-0.2, 0) is 6.54 Å². The molecule has 0 amide bonds. The minimum Gasteiger partial charge on any atom is -0.508 e. The van der Waals surface area contributed by atoms with Crippen molar-refractivity contribution < 1.29 is 9.52 Å². The molecule has 2 N–H and O–H groups in total. The monoisotopic (exact) mass is 345 g/mol. The van der Waals surface area contributed by atoms with Crippen LogP contribution in [0, 0.1) is 0 Å². The topological polar surface area (TPSA) is 45.4 Å². The molecule has 0 aliphatic heterocycles. The van der Waals surface area contributed by atoms with Crippen molar-refractivity contribution in [2.75, 3.05) is 0 Å². The van der Waals surface area contributed by atoms with E-state index in [0.29, 0.717) is 0 Å². The van der Waals surface area contributed by atoms with E-state index in [4.69, 9.17) is 4.42 Å². The first-order valence-corrected chi connectivity index (χ1v) is 7.61. The summed E-state index contributed by atoms with van der Waals surface area (Å²) in [4.78, 5) is 0. The van der Waals surface area contributed by atoms with Gasteiger partial charge in [-0.25, -0.2) is 0 Å². The van der Waals surface area contributed by atoms with Crippen molar-refractivity contribution in [2.24, 2.45) is 0 Å². The van der Waals surface area contributed by atoms with E-state index in [9.17, 15) is 5.11 Å². The van der Waals surface area contributed by atoms with Gasteiger partial charge in [0.1, 0.15) is 17.1 Å². The van der Waals surface area contributed by atoms with Gasteiger partial charge in [-0.2, -0.15) is 0 Å². The van der Waals surface area contributed by atoms with Crippen molar-refractivity contribution in [2.45, 2.75) is 19.5 Å². The number of nitrogens with one attached hydrogen (secondary N) is 1. The van der Waals surface area contributed by atoms with Gasteiger partial charge in [0.25, 0.3) is 0 Å². The predicted molar refractivity (Wildman–Crippen MR) is 87.3 cm³/mol. The Morgan fingerprint density at radius 3 is 2.67 bits per heavy atom. The van der Waals surface area contributed by atoms with Crippen LogP contribution in [0.1, 0.15) is 24.3 Å². The highest BCUT2D eigenvalue weighted by Gasteiger charge is 2.11. The van der Waals surface area contributed by atoms with Gasteiger partial charge in [0.2, 0.25) is 0 Å². The molecule has 3 nitrogen and oxygen atoms in total. The molecule has 0 aliphatic rings. The van der Waals surface area contributed by atoms with Crippen LogP contribution in [0.2, 0.25) is 0 Å². The lowest BCUT2D eigenvalue weighted by atomic mass is 10.2. The summed E-state index contributed by atoms with van der Waals surface area (Å²) in [6.45, 7) is 2.80. The molecular formula is C17H16BrNO2. The Labute approximate surface area is 131 Å². The van der Waals surface area contributed by atoms with E-state index in [1.54, 1.807) is 12.1 Å². The number of furan rings is 1. The van der Waals surface area contributed by atoms with Crippen LogP contribution in [0.25, 0.3) is 11.0 Å². The Morgan fingerprint density at radius 1 is 1.14 bits per heavy atom. The molecule has 0 spiro atoms. The second-order valence-electron chi connectivity index (χ2n) is 5.10. The van der Waals surface area contributed by atoms with Crippen LogP contribution in [0.3, 0.4) is 0 Å². The number of hydrogen-bond donors (Lipinski definition) is 2. The Balaban J connectivity index is 1.71. The molecule has 21 heavy (non-hydrogen) atoms. The molecule has 1 aromatic heterocycles. The van der Waals surface area contributed by atoms with Gasteiger partial charge in [-0.05, 0) is 48.9 Å². The minimum atomic E-state index is 0.116. The smallest absolute Gasteiger partial charge is 0.134 e. The zero-order chi connectivity index (χ0) is 14.8. The second kappa shape index (κ2) is 5.92. The highest BCUT2D eigenvalue weighted by Crippen LogP contribution is 2.26. The van der Waals surface area contributed by atoms with Gasteiger partial charge in [-0.15, -0.1) is 0 Å². The number of phenolic OH excluding ortho intramolecular Hbond substituents is 1. The average Bonchev–Trinajstić information content (AvgIpc) is 2.89. The Kier molecular flexibility index (Phi) is 3.99. The fourth-order valence-corrected chi connectivity index (χ4v) is 2.61. The first-order chi connectivity index (χ1) is 10.1. The van der Waals surface area contributed by atoms with Gasteiger partial charge >= 0.3 is 0 Å². The molecule has 1 heterocycles. The molecule has 1 unspecified atom stereocenters.